The van der Waals surface area contributed by atoms with Crippen LogP contribution in [0.4, 0.5) is 10.2 Å². The van der Waals surface area contributed by atoms with Crippen LogP contribution in [0.1, 0.15) is 22.3 Å². The molecule has 176 valence electrons. The summed E-state index contributed by atoms with van der Waals surface area (Å²) in [5, 5.41) is 8.86. The third kappa shape index (κ3) is 4.93. The summed E-state index contributed by atoms with van der Waals surface area (Å²) in [5.41, 5.74) is 3.80. The number of hydrogen-bond acceptors (Lipinski definition) is 5. The molecule has 2 aromatic carbocycles. The summed E-state index contributed by atoms with van der Waals surface area (Å²) in [6.07, 6.45) is 5.07. The second-order valence-electron chi connectivity index (χ2n) is 8.28. The van der Waals surface area contributed by atoms with E-state index < -0.39 is 0 Å². The lowest BCUT2D eigenvalue weighted by Gasteiger charge is -2.10. The van der Waals surface area contributed by atoms with E-state index in [4.69, 9.17) is 11.6 Å². The largest absolute Gasteiger partial charge is 0.365 e. The van der Waals surface area contributed by atoms with E-state index in [1.807, 2.05) is 43.5 Å². The molecule has 0 amide bonds. The van der Waals surface area contributed by atoms with Gasteiger partial charge in [-0.05, 0) is 35.7 Å². The van der Waals surface area contributed by atoms with Crippen LogP contribution in [0.2, 0.25) is 5.02 Å². The van der Waals surface area contributed by atoms with Crippen LogP contribution in [-0.4, -0.2) is 24.3 Å². The molecule has 0 fully saturated rings. The van der Waals surface area contributed by atoms with Gasteiger partial charge in [-0.2, -0.15) is 5.10 Å². The van der Waals surface area contributed by atoms with Gasteiger partial charge in [0.2, 0.25) is 0 Å². The Labute approximate surface area is 205 Å². The first kappa shape index (κ1) is 22.7. The minimum absolute atomic E-state index is 0.0299. The van der Waals surface area contributed by atoms with Crippen molar-refractivity contribution in [1.82, 2.24) is 24.3 Å². The van der Waals surface area contributed by atoms with Gasteiger partial charge in [0.15, 0.2) is 5.65 Å². The predicted molar refractivity (Wildman–Crippen MR) is 134 cm³/mol. The minimum atomic E-state index is -0.366. The van der Waals surface area contributed by atoms with Gasteiger partial charge in [-0.15, -0.1) is 0 Å². The number of rotatable bonds is 7. The lowest BCUT2D eigenvalue weighted by Crippen LogP contribution is -2.18. The highest BCUT2D eigenvalue weighted by Gasteiger charge is 2.13. The fourth-order valence-electron chi connectivity index (χ4n) is 3.88. The zero-order valence-corrected chi connectivity index (χ0v) is 19.7. The highest BCUT2D eigenvalue weighted by atomic mass is 35.5. The summed E-state index contributed by atoms with van der Waals surface area (Å²) in [6, 6.07) is 16.2. The zero-order chi connectivity index (χ0) is 24.4. The van der Waals surface area contributed by atoms with Crippen molar-refractivity contribution in [2.75, 3.05) is 5.32 Å². The van der Waals surface area contributed by atoms with Crippen molar-refractivity contribution in [3.63, 3.8) is 0 Å². The summed E-state index contributed by atoms with van der Waals surface area (Å²) in [6.45, 7) is 3.09. The molecule has 7 nitrogen and oxygen atoms in total. The van der Waals surface area contributed by atoms with Crippen LogP contribution in [0.15, 0.2) is 78.1 Å². The summed E-state index contributed by atoms with van der Waals surface area (Å²) >= 11 is 6.30. The summed E-state index contributed by atoms with van der Waals surface area (Å²) in [7, 11) is 0. The molecule has 0 unspecified atom stereocenters. The van der Waals surface area contributed by atoms with Crippen molar-refractivity contribution in [2.45, 2.75) is 26.6 Å². The van der Waals surface area contributed by atoms with Gasteiger partial charge in [-0.1, -0.05) is 48.0 Å². The first-order valence-electron chi connectivity index (χ1n) is 11.1. The van der Waals surface area contributed by atoms with Gasteiger partial charge in [-0.3, -0.25) is 9.48 Å². The average molecular weight is 489 g/mol. The first-order valence-corrected chi connectivity index (χ1v) is 11.4. The number of hydrogen-bond donors (Lipinski definition) is 1. The number of anilines is 1. The Kier molecular flexibility index (Phi) is 6.29. The number of benzene rings is 2. The fraction of sp³-hybridized carbons (Fsp3) is 0.154. The molecule has 35 heavy (non-hydrogen) atoms. The van der Waals surface area contributed by atoms with Gasteiger partial charge in [0, 0.05) is 30.6 Å². The third-order valence-electron chi connectivity index (χ3n) is 5.80. The van der Waals surface area contributed by atoms with E-state index in [2.05, 4.69) is 20.4 Å². The number of aryl methyl sites for hydroxylation is 1. The van der Waals surface area contributed by atoms with E-state index in [0.717, 1.165) is 22.1 Å². The molecule has 0 aliphatic heterocycles. The monoisotopic (exact) mass is 488 g/mol. The van der Waals surface area contributed by atoms with Gasteiger partial charge in [0.25, 0.3) is 5.56 Å². The number of nitrogens with zero attached hydrogens (tertiary/aromatic N) is 5. The van der Waals surface area contributed by atoms with Crippen molar-refractivity contribution < 1.29 is 4.39 Å². The lowest BCUT2D eigenvalue weighted by molar-refractivity contribution is 0.612. The van der Waals surface area contributed by atoms with E-state index in [0.29, 0.717) is 35.1 Å². The lowest BCUT2D eigenvalue weighted by atomic mass is 10.1. The maximum atomic E-state index is 14.3. The van der Waals surface area contributed by atoms with Crippen LogP contribution in [-0.2, 0) is 19.6 Å². The molecule has 0 saturated carbocycles. The third-order valence-corrected chi connectivity index (χ3v) is 6.32. The second kappa shape index (κ2) is 9.68. The maximum absolute atomic E-state index is 14.3. The molecule has 9 heteroatoms. The molecule has 0 saturated heterocycles. The highest BCUT2D eigenvalue weighted by Crippen LogP contribution is 2.25. The van der Waals surface area contributed by atoms with Crippen LogP contribution in [0.3, 0.4) is 0 Å². The smallest absolute Gasteiger partial charge is 0.250 e. The molecule has 0 radical (unpaired) electrons. The molecule has 0 spiro atoms. The fourth-order valence-corrected chi connectivity index (χ4v) is 4.10. The Hall–Kier alpha value is -4.04. The molecule has 0 aliphatic carbocycles. The number of halogens is 2. The molecule has 3 heterocycles. The van der Waals surface area contributed by atoms with Crippen molar-refractivity contribution >= 4 is 28.5 Å². The van der Waals surface area contributed by atoms with E-state index in [1.165, 1.54) is 12.4 Å². The number of aromatic nitrogens is 5. The van der Waals surface area contributed by atoms with Crippen molar-refractivity contribution in [1.29, 1.82) is 0 Å². The Balaban J connectivity index is 1.32. The van der Waals surface area contributed by atoms with Crippen molar-refractivity contribution in [3.05, 3.63) is 117 Å². The van der Waals surface area contributed by atoms with E-state index in [-0.39, 0.29) is 17.9 Å². The number of nitrogens with one attached hydrogen (secondary N) is 1. The molecule has 0 atom stereocenters. The molecule has 3 aromatic heterocycles. The van der Waals surface area contributed by atoms with E-state index in [9.17, 15) is 9.18 Å². The minimum Gasteiger partial charge on any atom is -0.365 e. The molecule has 5 aromatic rings. The standard InChI is InChI=1S/C26H22ClFN6O/c1-17-5-10-22(28)20(24(17)27)12-29-25-21-15-34(32-26(21)31-16-30-25)14-19-8-6-18(7-9-19)13-33-11-3-2-4-23(33)35/h2-11,15-16H,12-14H2,1H3,(H,29,30,31,32). The normalized spacial score (nSPS) is 11.2. The maximum Gasteiger partial charge on any atom is 0.250 e. The van der Waals surface area contributed by atoms with E-state index >= 15 is 0 Å². The van der Waals surface area contributed by atoms with Crippen LogP contribution in [0, 0.1) is 12.7 Å². The topological polar surface area (TPSA) is 77.6 Å². The van der Waals surface area contributed by atoms with Crippen molar-refractivity contribution in [3.8, 4) is 0 Å². The van der Waals surface area contributed by atoms with Crippen molar-refractivity contribution in [2.24, 2.45) is 0 Å². The Morgan fingerprint density at radius 2 is 1.77 bits per heavy atom. The first-order chi connectivity index (χ1) is 17.0. The molecular formula is C26H22ClFN6O. The zero-order valence-electron chi connectivity index (χ0n) is 18.9. The Morgan fingerprint density at radius 1 is 1.00 bits per heavy atom. The quantitative estimate of drug-likeness (QED) is 0.356. The number of fused-ring (bicyclic) bond motifs is 1. The SMILES string of the molecule is Cc1ccc(F)c(CNc2ncnc3nn(Cc4ccc(Cn5ccccc5=O)cc4)cc23)c1Cl. The molecular weight excluding hydrogens is 467 g/mol. The highest BCUT2D eigenvalue weighted by molar-refractivity contribution is 6.32. The summed E-state index contributed by atoms with van der Waals surface area (Å²) in [4.78, 5) is 20.5. The summed E-state index contributed by atoms with van der Waals surface area (Å²) in [5.74, 6) is 0.191. The van der Waals surface area contributed by atoms with Gasteiger partial charge >= 0.3 is 0 Å². The second-order valence-corrected chi connectivity index (χ2v) is 8.66. The summed E-state index contributed by atoms with van der Waals surface area (Å²) < 4.78 is 17.7. The predicted octanol–water partition coefficient (Wildman–Crippen LogP) is 4.80. The Morgan fingerprint density at radius 3 is 2.54 bits per heavy atom. The Bertz CT molecular complexity index is 1560. The van der Waals surface area contributed by atoms with Gasteiger partial charge < -0.3 is 9.88 Å². The van der Waals surface area contributed by atoms with Gasteiger partial charge in [-0.25, -0.2) is 14.4 Å². The van der Waals surface area contributed by atoms with Crippen LogP contribution < -0.4 is 10.9 Å². The molecule has 0 bridgehead atoms. The number of pyridine rings is 1. The van der Waals surface area contributed by atoms with Crippen LogP contribution >= 0.6 is 11.6 Å². The van der Waals surface area contributed by atoms with Gasteiger partial charge in [0.1, 0.15) is 18.0 Å². The molecule has 1 N–H and O–H groups in total. The molecule has 0 aliphatic rings. The average Bonchev–Trinajstić information content (AvgIpc) is 3.27. The molecule has 5 rings (SSSR count). The van der Waals surface area contributed by atoms with Crippen LogP contribution in [0.5, 0.6) is 0 Å². The van der Waals surface area contributed by atoms with E-state index in [1.54, 1.807) is 33.6 Å². The van der Waals surface area contributed by atoms with Gasteiger partial charge in [0.05, 0.1) is 23.5 Å². The van der Waals surface area contributed by atoms with Crippen LogP contribution in [0.25, 0.3) is 11.0 Å².